The van der Waals surface area contributed by atoms with Gasteiger partial charge in [0.05, 0.1) is 30.7 Å². The van der Waals surface area contributed by atoms with Gasteiger partial charge in [0.2, 0.25) is 15.9 Å². The van der Waals surface area contributed by atoms with Gasteiger partial charge in [-0.15, -0.1) is 0 Å². The van der Waals surface area contributed by atoms with Crippen molar-refractivity contribution in [2.75, 3.05) is 44.5 Å². The number of piperidine rings is 1. The van der Waals surface area contributed by atoms with Gasteiger partial charge in [-0.2, -0.15) is 4.31 Å². The van der Waals surface area contributed by atoms with Crippen molar-refractivity contribution in [2.45, 2.75) is 17.7 Å². The van der Waals surface area contributed by atoms with Gasteiger partial charge in [-0.3, -0.25) is 9.59 Å². The first-order chi connectivity index (χ1) is 15.8. The van der Waals surface area contributed by atoms with Gasteiger partial charge in [0.25, 0.3) is 5.91 Å². The zero-order chi connectivity index (χ0) is 23.6. The van der Waals surface area contributed by atoms with E-state index < -0.39 is 15.9 Å². The minimum atomic E-state index is -3.86. The van der Waals surface area contributed by atoms with Crippen LogP contribution in [0.2, 0.25) is 0 Å². The second-order valence-electron chi connectivity index (χ2n) is 7.76. The summed E-state index contributed by atoms with van der Waals surface area (Å²) in [6.45, 7) is 0.256. The third-order valence-electron chi connectivity index (χ3n) is 5.63. The smallest absolute Gasteiger partial charge is 0.262 e. The summed E-state index contributed by atoms with van der Waals surface area (Å²) in [7, 11) is -0.832. The van der Waals surface area contributed by atoms with Crippen molar-refractivity contribution in [3.63, 3.8) is 0 Å². The number of hydrogen-bond acceptors (Lipinski definition) is 7. The lowest BCUT2D eigenvalue weighted by Crippen LogP contribution is -2.43. The van der Waals surface area contributed by atoms with Gasteiger partial charge in [0.1, 0.15) is 5.75 Å². The Morgan fingerprint density at radius 3 is 2.70 bits per heavy atom. The normalized spacial score (nSPS) is 18.5. The SMILES string of the molecule is COc1ccc(NC(=O)[C@@H]2CCCN(S(=O)(=O)c3ccc4c(c3)NC(=O)CO4)C2)cc1OC. The predicted molar refractivity (Wildman–Crippen MR) is 120 cm³/mol. The minimum Gasteiger partial charge on any atom is -0.493 e. The Morgan fingerprint density at radius 2 is 1.94 bits per heavy atom. The topological polar surface area (TPSA) is 123 Å². The third-order valence-corrected chi connectivity index (χ3v) is 7.49. The maximum absolute atomic E-state index is 13.2. The molecule has 10 nitrogen and oxygen atoms in total. The standard InChI is InChI=1S/C22H25N3O7S/c1-30-19-7-5-15(10-20(19)31-2)23-22(27)14-4-3-9-25(12-14)33(28,29)16-6-8-18-17(11-16)24-21(26)13-32-18/h5-8,10-11,14H,3-4,9,12-13H2,1-2H3,(H,23,27)(H,24,26)/t14-/m1/s1. The fraction of sp³-hybridized carbons (Fsp3) is 0.364. The minimum absolute atomic E-state index is 0.0352. The maximum Gasteiger partial charge on any atom is 0.262 e. The number of fused-ring (bicyclic) bond motifs is 1. The number of benzene rings is 2. The highest BCUT2D eigenvalue weighted by Gasteiger charge is 2.34. The number of nitrogens with one attached hydrogen (secondary N) is 2. The van der Waals surface area contributed by atoms with Gasteiger partial charge in [0, 0.05) is 24.8 Å². The number of nitrogens with zero attached hydrogens (tertiary/aromatic N) is 1. The van der Waals surface area contributed by atoms with Crippen molar-refractivity contribution >= 4 is 33.2 Å². The van der Waals surface area contributed by atoms with Gasteiger partial charge < -0.3 is 24.8 Å². The van der Waals surface area contributed by atoms with E-state index >= 15 is 0 Å². The summed E-state index contributed by atoms with van der Waals surface area (Å²) in [6, 6.07) is 9.38. The molecule has 2 amide bonds. The zero-order valence-electron chi connectivity index (χ0n) is 18.3. The Morgan fingerprint density at radius 1 is 1.15 bits per heavy atom. The molecule has 1 atom stereocenters. The molecule has 0 aliphatic carbocycles. The predicted octanol–water partition coefficient (Wildman–Crippen LogP) is 2.07. The highest BCUT2D eigenvalue weighted by molar-refractivity contribution is 7.89. The second kappa shape index (κ2) is 9.28. The first kappa shape index (κ1) is 22.9. The molecule has 0 bridgehead atoms. The summed E-state index contributed by atoms with van der Waals surface area (Å²) >= 11 is 0. The molecule has 176 valence electrons. The highest BCUT2D eigenvalue weighted by Crippen LogP contribution is 2.33. The van der Waals surface area contributed by atoms with Crippen LogP contribution in [0.15, 0.2) is 41.3 Å². The monoisotopic (exact) mass is 475 g/mol. The van der Waals surface area contributed by atoms with E-state index in [0.717, 1.165) is 0 Å². The number of carbonyl (C=O) groups excluding carboxylic acids is 2. The number of ether oxygens (including phenoxy) is 3. The molecule has 2 aromatic rings. The van der Waals surface area contributed by atoms with E-state index in [1.165, 1.54) is 36.7 Å². The molecule has 1 saturated heterocycles. The molecule has 0 saturated carbocycles. The van der Waals surface area contributed by atoms with Gasteiger partial charge >= 0.3 is 0 Å². The van der Waals surface area contributed by atoms with Crippen molar-refractivity contribution < 1.29 is 32.2 Å². The Balaban J connectivity index is 1.48. The fourth-order valence-corrected chi connectivity index (χ4v) is 5.46. The Labute approximate surface area is 191 Å². The van der Waals surface area contributed by atoms with Gasteiger partial charge in [-0.25, -0.2) is 8.42 Å². The lowest BCUT2D eigenvalue weighted by molar-refractivity contribution is -0.121. The molecule has 0 aromatic heterocycles. The summed E-state index contributed by atoms with van der Waals surface area (Å²) in [5, 5.41) is 5.45. The zero-order valence-corrected chi connectivity index (χ0v) is 19.1. The van der Waals surface area contributed by atoms with E-state index in [9.17, 15) is 18.0 Å². The second-order valence-corrected chi connectivity index (χ2v) is 9.69. The number of sulfonamides is 1. The molecule has 1 fully saturated rings. The Kier molecular flexibility index (Phi) is 6.43. The van der Waals surface area contributed by atoms with Crippen LogP contribution in [0.25, 0.3) is 0 Å². The van der Waals surface area contributed by atoms with Crippen LogP contribution in [-0.4, -0.2) is 58.5 Å². The number of rotatable bonds is 6. The first-order valence-corrected chi connectivity index (χ1v) is 11.9. The van der Waals surface area contributed by atoms with Crippen LogP contribution in [0, 0.1) is 5.92 Å². The van der Waals surface area contributed by atoms with Crippen LogP contribution < -0.4 is 24.8 Å². The van der Waals surface area contributed by atoms with Crippen LogP contribution in [0.1, 0.15) is 12.8 Å². The van der Waals surface area contributed by atoms with Gasteiger partial charge in [0.15, 0.2) is 18.1 Å². The summed E-state index contributed by atoms with van der Waals surface area (Å²) in [5.41, 5.74) is 0.843. The average molecular weight is 476 g/mol. The van der Waals surface area contributed by atoms with Crippen LogP contribution in [0.4, 0.5) is 11.4 Å². The lowest BCUT2D eigenvalue weighted by Gasteiger charge is -2.31. The van der Waals surface area contributed by atoms with E-state index in [-0.39, 0.29) is 29.9 Å². The molecule has 2 aromatic carbocycles. The van der Waals surface area contributed by atoms with Crippen molar-refractivity contribution in [3.8, 4) is 17.2 Å². The number of methoxy groups -OCH3 is 2. The first-order valence-electron chi connectivity index (χ1n) is 10.4. The van der Waals surface area contributed by atoms with Crippen LogP contribution in [0.3, 0.4) is 0 Å². The lowest BCUT2D eigenvalue weighted by atomic mass is 9.98. The van der Waals surface area contributed by atoms with Crippen LogP contribution in [0.5, 0.6) is 17.2 Å². The van der Waals surface area contributed by atoms with Gasteiger partial charge in [-0.05, 0) is 43.2 Å². The van der Waals surface area contributed by atoms with Crippen molar-refractivity contribution in [3.05, 3.63) is 36.4 Å². The quantitative estimate of drug-likeness (QED) is 0.656. The molecule has 2 aliphatic heterocycles. The van der Waals surface area contributed by atoms with E-state index in [2.05, 4.69) is 10.6 Å². The third kappa shape index (κ3) is 4.74. The van der Waals surface area contributed by atoms with Crippen molar-refractivity contribution in [1.82, 2.24) is 4.31 Å². The molecular formula is C22H25N3O7S. The Hall–Kier alpha value is -3.31. The highest BCUT2D eigenvalue weighted by atomic mass is 32.2. The summed E-state index contributed by atoms with van der Waals surface area (Å²) in [5.74, 6) is 0.306. The largest absolute Gasteiger partial charge is 0.493 e. The fourth-order valence-electron chi connectivity index (χ4n) is 3.90. The molecule has 4 rings (SSSR count). The molecule has 2 N–H and O–H groups in total. The molecule has 0 radical (unpaired) electrons. The maximum atomic E-state index is 13.2. The molecule has 11 heteroatoms. The van der Waals surface area contributed by atoms with E-state index in [4.69, 9.17) is 14.2 Å². The number of hydrogen-bond donors (Lipinski definition) is 2. The molecular weight excluding hydrogens is 450 g/mol. The molecule has 33 heavy (non-hydrogen) atoms. The summed E-state index contributed by atoms with van der Waals surface area (Å²) in [6.07, 6.45) is 1.12. The van der Waals surface area contributed by atoms with E-state index in [1.807, 2.05) is 0 Å². The van der Waals surface area contributed by atoms with Crippen LogP contribution >= 0.6 is 0 Å². The molecule has 2 heterocycles. The molecule has 2 aliphatic rings. The van der Waals surface area contributed by atoms with Crippen molar-refractivity contribution in [2.24, 2.45) is 5.92 Å². The number of carbonyl (C=O) groups is 2. The van der Waals surface area contributed by atoms with Crippen molar-refractivity contribution in [1.29, 1.82) is 0 Å². The van der Waals surface area contributed by atoms with Crippen LogP contribution in [-0.2, 0) is 19.6 Å². The molecule has 0 spiro atoms. The number of anilines is 2. The Bertz CT molecular complexity index is 1180. The summed E-state index contributed by atoms with van der Waals surface area (Å²) in [4.78, 5) is 24.5. The number of amides is 2. The van der Waals surface area contributed by atoms with Gasteiger partial charge in [-0.1, -0.05) is 0 Å². The van der Waals surface area contributed by atoms with E-state index in [0.29, 0.717) is 48.0 Å². The molecule has 0 unspecified atom stereocenters. The van der Waals surface area contributed by atoms with E-state index in [1.54, 1.807) is 18.2 Å². The average Bonchev–Trinajstić information content (AvgIpc) is 2.83. The summed E-state index contributed by atoms with van der Waals surface area (Å²) < 4.78 is 43.6.